The van der Waals surface area contributed by atoms with Gasteiger partial charge in [-0.2, -0.15) is 0 Å². The van der Waals surface area contributed by atoms with Gasteiger partial charge in [0, 0.05) is 10.9 Å². The van der Waals surface area contributed by atoms with Crippen LogP contribution in [0.2, 0.25) is 5.02 Å². The van der Waals surface area contributed by atoms with Gasteiger partial charge < -0.3 is 4.74 Å². The molecule has 0 radical (unpaired) electrons. The molecule has 0 spiro atoms. The van der Waals surface area contributed by atoms with E-state index in [0.717, 1.165) is 11.1 Å². The van der Waals surface area contributed by atoms with Crippen molar-refractivity contribution in [1.29, 1.82) is 0 Å². The maximum absolute atomic E-state index is 12.7. The molecule has 0 aromatic heterocycles. The van der Waals surface area contributed by atoms with Crippen LogP contribution in [0.25, 0.3) is 0 Å². The van der Waals surface area contributed by atoms with E-state index in [1.807, 2.05) is 42.5 Å². The Kier molecular flexibility index (Phi) is 6.07. The molecule has 0 amide bonds. The first-order valence-corrected chi connectivity index (χ1v) is 9.40. The number of ether oxygens (including phenoxy) is 1. The van der Waals surface area contributed by atoms with Crippen LogP contribution in [0.15, 0.2) is 54.6 Å². The van der Waals surface area contributed by atoms with E-state index in [-0.39, 0.29) is 5.78 Å². The second-order valence-electron chi connectivity index (χ2n) is 6.92. The molecule has 1 heterocycles. The number of halogens is 1. The van der Waals surface area contributed by atoms with Gasteiger partial charge in [0.05, 0.1) is 0 Å². The van der Waals surface area contributed by atoms with Crippen molar-refractivity contribution in [2.75, 3.05) is 0 Å². The number of hydrogen-bond acceptors (Lipinski definition) is 4. The van der Waals surface area contributed by atoms with E-state index < -0.39 is 29.7 Å². The molecule has 1 aliphatic rings. The fourth-order valence-electron chi connectivity index (χ4n) is 3.33. The summed E-state index contributed by atoms with van der Waals surface area (Å²) in [7, 11) is 0. The number of hydrogen-bond donors (Lipinski definition) is 0. The molecular formula is C22H21ClO4. The lowest BCUT2D eigenvalue weighted by molar-refractivity contribution is -0.147. The molecule has 5 heteroatoms. The number of ketones is 2. The third kappa shape index (κ3) is 4.64. The number of esters is 1. The van der Waals surface area contributed by atoms with Crippen molar-refractivity contribution in [2.45, 2.75) is 32.3 Å². The van der Waals surface area contributed by atoms with E-state index >= 15 is 0 Å². The molecule has 1 saturated heterocycles. The Morgan fingerprint density at radius 1 is 1.04 bits per heavy atom. The van der Waals surface area contributed by atoms with Gasteiger partial charge in [-0.15, -0.1) is 0 Å². The van der Waals surface area contributed by atoms with Crippen molar-refractivity contribution < 1.29 is 19.1 Å². The Labute approximate surface area is 163 Å². The normalized spacial score (nSPS) is 20.4. The quantitative estimate of drug-likeness (QED) is 0.537. The third-order valence-corrected chi connectivity index (χ3v) is 5.11. The molecule has 4 nitrogen and oxygen atoms in total. The van der Waals surface area contributed by atoms with Crippen molar-refractivity contribution in [3.63, 3.8) is 0 Å². The van der Waals surface area contributed by atoms with Crippen LogP contribution < -0.4 is 0 Å². The lowest BCUT2D eigenvalue weighted by atomic mass is 9.86. The highest BCUT2D eigenvalue weighted by atomic mass is 35.5. The van der Waals surface area contributed by atoms with E-state index in [1.165, 1.54) is 0 Å². The standard InChI is InChI=1S/C22H21ClO4/c1-14(13-16-7-10-17(23)11-8-16)20(24)19-21(25)18(27-22(19)26)12-9-15-5-3-2-4-6-15/h2-8,10-11,14,18-19H,9,12-13H2,1H3/t14-,18+,19?/m1/s1. The fourth-order valence-corrected chi connectivity index (χ4v) is 3.45. The Morgan fingerprint density at radius 2 is 1.70 bits per heavy atom. The van der Waals surface area contributed by atoms with Crippen molar-refractivity contribution in [1.82, 2.24) is 0 Å². The van der Waals surface area contributed by atoms with Crippen molar-refractivity contribution >= 4 is 29.1 Å². The van der Waals surface area contributed by atoms with E-state index in [0.29, 0.717) is 24.3 Å². The molecule has 1 fully saturated rings. The minimum atomic E-state index is -1.30. The maximum atomic E-state index is 12.7. The average Bonchev–Trinajstić information content (AvgIpc) is 2.95. The monoisotopic (exact) mass is 384 g/mol. The van der Waals surface area contributed by atoms with Gasteiger partial charge in [0.1, 0.15) is 0 Å². The maximum Gasteiger partial charge on any atom is 0.325 e. The highest BCUT2D eigenvalue weighted by Gasteiger charge is 2.48. The van der Waals surface area contributed by atoms with Crippen molar-refractivity contribution in [3.8, 4) is 0 Å². The molecule has 0 bridgehead atoms. The zero-order valence-corrected chi connectivity index (χ0v) is 15.8. The van der Waals surface area contributed by atoms with Crippen LogP contribution in [0.5, 0.6) is 0 Å². The summed E-state index contributed by atoms with van der Waals surface area (Å²) >= 11 is 5.87. The zero-order valence-electron chi connectivity index (χ0n) is 15.1. The summed E-state index contributed by atoms with van der Waals surface area (Å²) in [6.45, 7) is 1.73. The summed E-state index contributed by atoms with van der Waals surface area (Å²) in [5, 5.41) is 0.619. The van der Waals surface area contributed by atoms with Gasteiger partial charge in [-0.1, -0.05) is 61.0 Å². The Bertz CT molecular complexity index is 829. The molecule has 0 aliphatic carbocycles. The van der Waals surface area contributed by atoms with E-state index in [1.54, 1.807) is 19.1 Å². The minimum Gasteiger partial charge on any atom is -0.453 e. The van der Waals surface area contributed by atoms with Crippen LogP contribution in [0.1, 0.15) is 24.5 Å². The first-order valence-electron chi connectivity index (χ1n) is 9.02. The van der Waals surface area contributed by atoms with Gasteiger partial charge in [0.25, 0.3) is 0 Å². The third-order valence-electron chi connectivity index (χ3n) is 4.86. The summed E-state index contributed by atoms with van der Waals surface area (Å²) < 4.78 is 5.22. The second-order valence-corrected chi connectivity index (χ2v) is 7.36. The number of benzene rings is 2. The van der Waals surface area contributed by atoms with Gasteiger partial charge in [0.15, 0.2) is 23.6 Å². The van der Waals surface area contributed by atoms with E-state index in [2.05, 4.69) is 0 Å². The van der Waals surface area contributed by atoms with E-state index in [9.17, 15) is 14.4 Å². The zero-order chi connectivity index (χ0) is 19.4. The van der Waals surface area contributed by atoms with Gasteiger partial charge in [-0.05, 0) is 42.5 Å². The molecule has 0 saturated carbocycles. The number of aryl methyl sites for hydroxylation is 1. The van der Waals surface area contributed by atoms with Crippen LogP contribution >= 0.6 is 11.6 Å². The predicted molar refractivity (Wildman–Crippen MR) is 102 cm³/mol. The molecule has 0 N–H and O–H groups in total. The van der Waals surface area contributed by atoms with Crippen LogP contribution in [0.3, 0.4) is 0 Å². The molecule has 3 atom stereocenters. The Hall–Kier alpha value is -2.46. The molecule has 3 rings (SSSR count). The summed E-state index contributed by atoms with van der Waals surface area (Å²) in [4.78, 5) is 37.5. The fraction of sp³-hybridized carbons (Fsp3) is 0.318. The number of cyclic esters (lactones) is 1. The Morgan fingerprint density at radius 3 is 2.37 bits per heavy atom. The van der Waals surface area contributed by atoms with Gasteiger partial charge in [-0.3, -0.25) is 14.4 Å². The molecular weight excluding hydrogens is 364 g/mol. The molecule has 1 unspecified atom stereocenters. The van der Waals surface area contributed by atoms with Crippen LogP contribution in [-0.4, -0.2) is 23.6 Å². The largest absolute Gasteiger partial charge is 0.453 e. The number of carbonyl (C=O) groups excluding carboxylic acids is 3. The first kappa shape index (κ1) is 19.3. The van der Waals surface area contributed by atoms with Crippen molar-refractivity contribution in [2.24, 2.45) is 11.8 Å². The SMILES string of the molecule is C[C@H](Cc1ccc(Cl)cc1)C(=O)C1C(=O)O[C@@H](CCc2ccccc2)C1=O. The first-order chi connectivity index (χ1) is 13.0. The summed E-state index contributed by atoms with van der Waals surface area (Å²) in [5.74, 6) is -3.26. The number of rotatable bonds is 7. The summed E-state index contributed by atoms with van der Waals surface area (Å²) in [6.07, 6.45) is 0.617. The molecule has 2 aromatic rings. The minimum absolute atomic E-state index is 0.373. The molecule has 27 heavy (non-hydrogen) atoms. The second kappa shape index (κ2) is 8.49. The summed E-state index contributed by atoms with van der Waals surface area (Å²) in [6, 6.07) is 16.8. The van der Waals surface area contributed by atoms with Crippen LogP contribution in [0, 0.1) is 11.8 Å². The lowest BCUT2D eigenvalue weighted by Crippen LogP contribution is -2.32. The lowest BCUT2D eigenvalue weighted by Gasteiger charge is -2.12. The summed E-state index contributed by atoms with van der Waals surface area (Å²) in [5.41, 5.74) is 1.99. The smallest absolute Gasteiger partial charge is 0.325 e. The van der Waals surface area contributed by atoms with Gasteiger partial charge in [-0.25, -0.2) is 0 Å². The predicted octanol–water partition coefficient (Wildman–Crippen LogP) is 3.83. The molecule has 140 valence electrons. The van der Waals surface area contributed by atoms with Crippen LogP contribution in [-0.2, 0) is 32.0 Å². The van der Waals surface area contributed by atoms with Crippen LogP contribution in [0.4, 0.5) is 0 Å². The topological polar surface area (TPSA) is 60.4 Å². The molecule has 2 aromatic carbocycles. The van der Waals surface area contributed by atoms with Crippen molar-refractivity contribution in [3.05, 3.63) is 70.7 Å². The molecule has 1 aliphatic heterocycles. The van der Waals surface area contributed by atoms with Gasteiger partial charge >= 0.3 is 5.97 Å². The average molecular weight is 385 g/mol. The highest BCUT2D eigenvalue weighted by Crippen LogP contribution is 2.26. The van der Waals surface area contributed by atoms with Gasteiger partial charge in [0.2, 0.25) is 0 Å². The highest BCUT2D eigenvalue weighted by molar-refractivity contribution is 6.30. The number of Topliss-reactive ketones (excluding diaryl/α,β-unsaturated/α-hetero) is 2. The van der Waals surface area contributed by atoms with E-state index in [4.69, 9.17) is 16.3 Å². The Balaban J connectivity index is 1.61. The number of carbonyl (C=O) groups is 3.